The van der Waals surface area contributed by atoms with Gasteiger partial charge in [0.15, 0.2) is 0 Å². The fourth-order valence-corrected chi connectivity index (χ4v) is 2.24. The van der Waals surface area contributed by atoms with E-state index in [1.54, 1.807) is 0 Å². The number of hydrogen-bond donors (Lipinski definition) is 3. The number of hydrogen-bond acceptors (Lipinski definition) is 2. The largest absolute Gasteiger partial charge is 0.387 e. The van der Waals surface area contributed by atoms with E-state index in [1.165, 1.54) is 5.56 Å². The monoisotopic (exact) mass is 229 g/mol. The fourth-order valence-electron chi connectivity index (χ4n) is 2.24. The van der Waals surface area contributed by atoms with E-state index in [4.69, 9.17) is 16.6 Å². The second-order valence-corrected chi connectivity index (χ2v) is 4.77. The quantitative estimate of drug-likeness (QED) is 0.509. The van der Waals surface area contributed by atoms with Crippen LogP contribution in [0.5, 0.6) is 0 Å². The van der Waals surface area contributed by atoms with E-state index in [0.717, 1.165) is 31.4 Å². The van der Waals surface area contributed by atoms with Crippen LogP contribution in [0.15, 0.2) is 30.3 Å². The van der Waals surface area contributed by atoms with Gasteiger partial charge in [0.25, 0.3) is 0 Å². The van der Waals surface area contributed by atoms with Gasteiger partial charge in [-0.05, 0) is 31.2 Å². The summed E-state index contributed by atoms with van der Waals surface area (Å²) in [5.41, 5.74) is 7.54. The highest BCUT2D eigenvalue weighted by Gasteiger charge is 2.42. The highest BCUT2D eigenvalue weighted by Crippen LogP contribution is 2.40. The minimum atomic E-state index is 0.166. The Hall–Kier alpha value is -1.64. The maximum absolute atomic E-state index is 7.94. The number of rotatable bonds is 6. The molecule has 2 unspecified atom stereocenters. The Morgan fingerprint density at radius 1 is 1.18 bits per heavy atom. The summed E-state index contributed by atoms with van der Waals surface area (Å²) in [6, 6.07) is 10.4. The lowest BCUT2D eigenvalue weighted by Crippen LogP contribution is -2.15. The summed E-state index contributed by atoms with van der Waals surface area (Å²) in [4.78, 5) is 0. The predicted octanol–water partition coefficient (Wildman–Crippen LogP) is 2.60. The molecule has 1 aliphatic carbocycles. The van der Waals surface area contributed by atoms with Crippen molar-refractivity contribution in [1.82, 2.24) is 0 Å². The first-order chi connectivity index (χ1) is 8.18. The van der Waals surface area contributed by atoms with Crippen LogP contribution in [0.2, 0.25) is 0 Å². The molecule has 0 heterocycles. The molecule has 0 aromatic heterocycles. The van der Waals surface area contributed by atoms with Gasteiger partial charge in [-0.1, -0.05) is 30.3 Å². The Bertz CT molecular complexity index is 411. The first-order valence-electron chi connectivity index (χ1n) is 6.13. The molecule has 1 fully saturated rings. The second kappa shape index (κ2) is 5.13. The third kappa shape index (κ3) is 3.16. The van der Waals surface area contributed by atoms with Crippen LogP contribution in [0.3, 0.4) is 0 Å². The maximum atomic E-state index is 7.94. The lowest BCUT2D eigenvalue weighted by Gasteiger charge is -2.03. The van der Waals surface area contributed by atoms with E-state index in [-0.39, 0.29) is 17.7 Å². The van der Waals surface area contributed by atoms with E-state index in [9.17, 15) is 0 Å². The van der Waals surface area contributed by atoms with Gasteiger partial charge in [-0.2, -0.15) is 0 Å². The van der Waals surface area contributed by atoms with Crippen molar-refractivity contribution in [3.05, 3.63) is 35.9 Å². The van der Waals surface area contributed by atoms with Crippen LogP contribution in [0.1, 0.15) is 24.8 Å². The molecule has 0 radical (unpaired) electrons. The molecule has 0 spiro atoms. The standard InChI is InChI=1S/C14H19N3/c15-13(11-9-12(11)14(16)17)8-4-7-10-5-2-1-3-6-10/h1-3,5-6,11-12,15H,4,7-9H2,(H3,16,17). The Labute approximate surface area is 102 Å². The third-order valence-corrected chi connectivity index (χ3v) is 3.39. The molecule has 1 aromatic carbocycles. The third-order valence-electron chi connectivity index (χ3n) is 3.39. The van der Waals surface area contributed by atoms with Crippen LogP contribution in [0.4, 0.5) is 0 Å². The zero-order valence-corrected chi connectivity index (χ0v) is 9.95. The molecule has 17 heavy (non-hydrogen) atoms. The topological polar surface area (TPSA) is 73.7 Å². The van der Waals surface area contributed by atoms with Gasteiger partial charge in [0.05, 0.1) is 5.84 Å². The highest BCUT2D eigenvalue weighted by atomic mass is 14.8. The highest BCUT2D eigenvalue weighted by molar-refractivity contribution is 5.95. The molecule has 2 atom stereocenters. The van der Waals surface area contributed by atoms with Crippen LogP contribution in [-0.2, 0) is 6.42 Å². The molecule has 0 saturated heterocycles. The second-order valence-electron chi connectivity index (χ2n) is 4.77. The zero-order valence-electron chi connectivity index (χ0n) is 9.95. The van der Waals surface area contributed by atoms with Crippen molar-refractivity contribution in [2.24, 2.45) is 17.6 Å². The number of nitrogens with two attached hydrogens (primary N) is 1. The first kappa shape index (κ1) is 11.8. The smallest absolute Gasteiger partial charge is 0.0943 e. The summed E-state index contributed by atoms with van der Waals surface area (Å²) < 4.78 is 0. The Morgan fingerprint density at radius 2 is 1.88 bits per heavy atom. The van der Waals surface area contributed by atoms with Crippen molar-refractivity contribution in [1.29, 1.82) is 10.8 Å². The van der Waals surface area contributed by atoms with Crippen molar-refractivity contribution in [3.63, 3.8) is 0 Å². The van der Waals surface area contributed by atoms with Gasteiger partial charge < -0.3 is 11.1 Å². The van der Waals surface area contributed by atoms with E-state index in [0.29, 0.717) is 0 Å². The van der Waals surface area contributed by atoms with Crippen LogP contribution in [-0.4, -0.2) is 11.5 Å². The normalized spacial score (nSPS) is 22.1. The van der Waals surface area contributed by atoms with Crippen LogP contribution >= 0.6 is 0 Å². The van der Waals surface area contributed by atoms with Crippen molar-refractivity contribution < 1.29 is 0 Å². The molecular weight excluding hydrogens is 210 g/mol. The molecule has 3 heteroatoms. The summed E-state index contributed by atoms with van der Waals surface area (Å²) >= 11 is 0. The molecule has 0 aliphatic heterocycles. The summed E-state index contributed by atoms with van der Waals surface area (Å²) in [5, 5.41) is 15.3. The summed E-state index contributed by atoms with van der Waals surface area (Å²) in [7, 11) is 0. The molecule has 90 valence electrons. The molecular formula is C14H19N3. The zero-order chi connectivity index (χ0) is 12.3. The van der Waals surface area contributed by atoms with Crippen molar-refractivity contribution in [2.75, 3.05) is 0 Å². The lowest BCUT2D eigenvalue weighted by molar-refractivity contribution is 0.836. The van der Waals surface area contributed by atoms with Crippen molar-refractivity contribution in [3.8, 4) is 0 Å². The van der Waals surface area contributed by atoms with Gasteiger partial charge in [0, 0.05) is 17.5 Å². The van der Waals surface area contributed by atoms with Crippen LogP contribution < -0.4 is 5.73 Å². The van der Waals surface area contributed by atoms with E-state index in [1.807, 2.05) is 18.2 Å². The molecule has 0 bridgehead atoms. The van der Waals surface area contributed by atoms with E-state index in [2.05, 4.69) is 12.1 Å². The van der Waals surface area contributed by atoms with Crippen LogP contribution in [0.25, 0.3) is 0 Å². The van der Waals surface area contributed by atoms with E-state index < -0.39 is 0 Å². The predicted molar refractivity (Wildman–Crippen MR) is 70.6 cm³/mol. The molecule has 0 amide bonds. The van der Waals surface area contributed by atoms with Gasteiger partial charge in [-0.25, -0.2) is 0 Å². The van der Waals surface area contributed by atoms with Gasteiger partial charge in [0.2, 0.25) is 0 Å². The minimum Gasteiger partial charge on any atom is -0.387 e. The first-order valence-corrected chi connectivity index (χ1v) is 6.13. The number of amidine groups is 1. The number of nitrogens with one attached hydrogen (secondary N) is 2. The van der Waals surface area contributed by atoms with E-state index >= 15 is 0 Å². The number of aryl methyl sites for hydroxylation is 1. The molecule has 1 aromatic rings. The fraction of sp³-hybridized carbons (Fsp3) is 0.429. The summed E-state index contributed by atoms with van der Waals surface area (Å²) in [6.07, 6.45) is 3.80. The Kier molecular flexibility index (Phi) is 3.57. The van der Waals surface area contributed by atoms with Crippen molar-refractivity contribution >= 4 is 11.5 Å². The maximum Gasteiger partial charge on any atom is 0.0943 e. The average molecular weight is 229 g/mol. The van der Waals surface area contributed by atoms with Gasteiger partial charge in [-0.3, -0.25) is 5.41 Å². The summed E-state index contributed by atoms with van der Waals surface area (Å²) in [6.45, 7) is 0. The molecule has 3 nitrogen and oxygen atoms in total. The van der Waals surface area contributed by atoms with Gasteiger partial charge >= 0.3 is 0 Å². The molecule has 4 N–H and O–H groups in total. The van der Waals surface area contributed by atoms with Gasteiger partial charge in [-0.15, -0.1) is 0 Å². The molecule has 2 rings (SSSR count). The van der Waals surface area contributed by atoms with Crippen molar-refractivity contribution in [2.45, 2.75) is 25.7 Å². The Balaban J connectivity index is 1.70. The number of benzene rings is 1. The molecule has 1 saturated carbocycles. The van der Waals surface area contributed by atoms with Gasteiger partial charge in [0.1, 0.15) is 0 Å². The SMILES string of the molecule is N=C(N)C1CC1C(=N)CCCc1ccccc1. The average Bonchev–Trinajstić information content (AvgIpc) is 3.10. The molecule has 1 aliphatic rings. The minimum absolute atomic E-state index is 0.166. The van der Waals surface area contributed by atoms with Crippen LogP contribution in [0, 0.1) is 22.7 Å². The summed E-state index contributed by atoms with van der Waals surface area (Å²) in [5.74, 6) is 0.685. The Morgan fingerprint density at radius 3 is 2.47 bits per heavy atom. The lowest BCUT2D eigenvalue weighted by atomic mass is 10.0.